The van der Waals surface area contributed by atoms with Crippen LogP contribution in [-0.4, -0.2) is 24.0 Å². The average Bonchev–Trinajstić information content (AvgIpc) is 3.11. The van der Waals surface area contributed by atoms with E-state index in [0.29, 0.717) is 30.5 Å². The highest BCUT2D eigenvalue weighted by atomic mass is 16.5. The number of ether oxygens (including phenoxy) is 1. The molecule has 0 radical (unpaired) electrons. The van der Waals surface area contributed by atoms with Gasteiger partial charge in [0.25, 0.3) is 0 Å². The molecule has 140 valence electrons. The van der Waals surface area contributed by atoms with E-state index in [1.54, 1.807) is 13.3 Å². The minimum atomic E-state index is 0.0970. The number of methoxy groups -OCH3 is 1. The van der Waals surface area contributed by atoms with Crippen LogP contribution < -0.4 is 10.1 Å². The van der Waals surface area contributed by atoms with Crippen LogP contribution in [0.4, 0.5) is 0 Å². The summed E-state index contributed by atoms with van der Waals surface area (Å²) in [5.74, 6) is 2.21. The normalized spacial score (nSPS) is 15.9. The molecule has 1 aromatic heterocycles. The molecule has 1 heterocycles. The van der Waals surface area contributed by atoms with Gasteiger partial charge in [0.15, 0.2) is 11.7 Å². The van der Waals surface area contributed by atoms with Crippen LogP contribution in [0, 0.1) is 0 Å². The number of nitrogens with one attached hydrogen (secondary N) is 1. The molecule has 0 aliphatic heterocycles. The van der Waals surface area contributed by atoms with Crippen LogP contribution in [0.25, 0.3) is 11.3 Å². The average molecular weight is 356 g/mol. The van der Waals surface area contributed by atoms with Gasteiger partial charge in [-0.25, -0.2) is 4.98 Å². The van der Waals surface area contributed by atoms with E-state index < -0.39 is 0 Å². The molecule has 0 bridgehead atoms. The van der Waals surface area contributed by atoms with Crippen LogP contribution in [0.15, 0.2) is 34.9 Å². The van der Waals surface area contributed by atoms with Crippen molar-refractivity contribution in [2.45, 2.75) is 63.8 Å². The van der Waals surface area contributed by atoms with Gasteiger partial charge in [0, 0.05) is 24.4 Å². The summed E-state index contributed by atoms with van der Waals surface area (Å²) in [4.78, 5) is 16.5. The number of carbonyl (C=O) groups is 1. The first-order valence-electron chi connectivity index (χ1n) is 9.63. The van der Waals surface area contributed by atoms with Gasteiger partial charge in [-0.15, -0.1) is 0 Å². The first kappa shape index (κ1) is 18.5. The van der Waals surface area contributed by atoms with Crippen LogP contribution in [-0.2, 0) is 11.2 Å². The second-order valence-corrected chi connectivity index (χ2v) is 6.96. The molecule has 1 amide bonds. The molecule has 0 atom stereocenters. The number of hydrogen-bond acceptors (Lipinski definition) is 4. The third-order valence-electron chi connectivity index (χ3n) is 4.96. The third kappa shape index (κ3) is 5.35. The van der Waals surface area contributed by atoms with E-state index in [4.69, 9.17) is 9.15 Å². The Balaban J connectivity index is 1.48. The summed E-state index contributed by atoms with van der Waals surface area (Å²) in [7, 11) is 1.64. The molecule has 1 N–H and O–H groups in total. The molecule has 1 aliphatic carbocycles. The lowest BCUT2D eigenvalue weighted by Gasteiger charge is -2.20. The minimum Gasteiger partial charge on any atom is -0.497 e. The monoisotopic (exact) mass is 356 g/mol. The fraction of sp³-hybridized carbons (Fsp3) is 0.524. The Morgan fingerprint density at radius 3 is 2.54 bits per heavy atom. The van der Waals surface area contributed by atoms with E-state index in [0.717, 1.165) is 24.2 Å². The molecule has 5 nitrogen and oxygen atoms in total. The van der Waals surface area contributed by atoms with E-state index in [1.807, 2.05) is 24.3 Å². The molecule has 1 aliphatic rings. The Morgan fingerprint density at radius 1 is 1.15 bits per heavy atom. The number of amides is 1. The summed E-state index contributed by atoms with van der Waals surface area (Å²) in [6.45, 7) is 0. The zero-order valence-corrected chi connectivity index (χ0v) is 15.5. The standard InChI is InChI=1S/C21H28N2O3/c1-25-18-11-9-16(10-12-18)19-15-22-21(26-19)14-13-20(24)23-17-7-5-3-2-4-6-8-17/h9-12,15,17H,2-8,13-14H2,1H3,(H,23,24). The molecular formula is C21H28N2O3. The van der Waals surface area contributed by atoms with Gasteiger partial charge in [-0.05, 0) is 37.1 Å². The highest BCUT2D eigenvalue weighted by Gasteiger charge is 2.15. The Morgan fingerprint density at radius 2 is 1.85 bits per heavy atom. The van der Waals surface area contributed by atoms with E-state index in [-0.39, 0.29) is 5.91 Å². The molecule has 3 rings (SSSR count). The fourth-order valence-electron chi connectivity index (χ4n) is 3.44. The summed E-state index contributed by atoms with van der Waals surface area (Å²) < 4.78 is 10.9. The van der Waals surface area contributed by atoms with Gasteiger partial charge in [0.1, 0.15) is 5.75 Å². The molecule has 1 saturated carbocycles. The highest BCUT2D eigenvalue weighted by molar-refractivity contribution is 5.76. The van der Waals surface area contributed by atoms with Crippen molar-refractivity contribution < 1.29 is 13.9 Å². The Bertz CT molecular complexity index is 686. The van der Waals surface area contributed by atoms with Gasteiger partial charge in [-0.3, -0.25) is 4.79 Å². The molecule has 0 spiro atoms. The van der Waals surface area contributed by atoms with Gasteiger partial charge in [0.2, 0.25) is 5.91 Å². The van der Waals surface area contributed by atoms with Crippen molar-refractivity contribution in [1.29, 1.82) is 0 Å². The quantitative estimate of drug-likeness (QED) is 0.827. The first-order chi connectivity index (χ1) is 12.7. The topological polar surface area (TPSA) is 64.4 Å². The van der Waals surface area contributed by atoms with Crippen molar-refractivity contribution in [3.8, 4) is 17.1 Å². The molecule has 0 unspecified atom stereocenters. The maximum absolute atomic E-state index is 12.2. The van der Waals surface area contributed by atoms with E-state index >= 15 is 0 Å². The van der Waals surface area contributed by atoms with Crippen LogP contribution in [0.1, 0.15) is 57.3 Å². The minimum absolute atomic E-state index is 0.0970. The van der Waals surface area contributed by atoms with Gasteiger partial charge in [-0.2, -0.15) is 0 Å². The van der Waals surface area contributed by atoms with E-state index in [9.17, 15) is 4.79 Å². The molecular weight excluding hydrogens is 328 g/mol. The largest absolute Gasteiger partial charge is 0.497 e. The Hall–Kier alpha value is -2.30. The number of hydrogen-bond donors (Lipinski definition) is 1. The summed E-state index contributed by atoms with van der Waals surface area (Å²) in [5.41, 5.74) is 0.948. The zero-order valence-electron chi connectivity index (χ0n) is 15.5. The van der Waals surface area contributed by atoms with Crippen molar-refractivity contribution >= 4 is 5.91 Å². The SMILES string of the molecule is COc1ccc(-c2cnc(CCC(=O)NC3CCCCCCC3)o2)cc1. The number of oxazole rings is 1. The second-order valence-electron chi connectivity index (χ2n) is 6.96. The molecule has 5 heteroatoms. The summed E-state index contributed by atoms with van der Waals surface area (Å²) in [6, 6.07) is 7.98. The first-order valence-corrected chi connectivity index (χ1v) is 9.63. The molecule has 2 aromatic rings. The predicted molar refractivity (Wildman–Crippen MR) is 101 cm³/mol. The highest BCUT2D eigenvalue weighted by Crippen LogP contribution is 2.23. The number of aromatic nitrogens is 1. The van der Waals surface area contributed by atoms with E-state index in [1.165, 1.54) is 32.1 Å². The lowest BCUT2D eigenvalue weighted by atomic mass is 9.96. The summed E-state index contributed by atoms with van der Waals surface area (Å²) in [5, 5.41) is 3.19. The van der Waals surface area contributed by atoms with Crippen LogP contribution in [0.3, 0.4) is 0 Å². The number of benzene rings is 1. The van der Waals surface area contributed by atoms with Crippen molar-refractivity contribution in [1.82, 2.24) is 10.3 Å². The molecule has 0 saturated heterocycles. The maximum Gasteiger partial charge on any atom is 0.220 e. The Kier molecular flexibility index (Phi) is 6.69. The van der Waals surface area contributed by atoms with Crippen LogP contribution in [0.2, 0.25) is 0 Å². The van der Waals surface area contributed by atoms with Crippen LogP contribution in [0.5, 0.6) is 5.75 Å². The Labute approximate surface area is 155 Å². The molecule has 1 aromatic carbocycles. The predicted octanol–water partition coefficient (Wildman–Crippen LogP) is 4.51. The molecule has 1 fully saturated rings. The lowest BCUT2D eigenvalue weighted by Crippen LogP contribution is -2.35. The summed E-state index contributed by atoms with van der Waals surface area (Å²) in [6.07, 6.45) is 11.2. The lowest BCUT2D eigenvalue weighted by molar-refractivity contribution is -0.122. The number of rotatable bonds is 6. The smallest absolute Gasteiger partial charge is 0.220 e. The fourth-order valence-corrected chi connectivity index (χ4v) is 3.44. The number of aryl methyl sites for hydroxylation is 1. The van der Waals surface area contributed by atoms with Crippen molar-refractivity contribution in [3.63, 3.8) is 0 Å². The van der Waals surface area contributed by atoms with Gasteiger partial charge < -0.3 is 14.5 Å². The van der Waals surface area contributed by atoms with Crippen molar-refractivity contribution in [3.05, 3.63) is 36.4 Å². The van der Waals surface area contributed by atoms with Gasteiger partial charge >= 0.3 is 0 Å². The molecule has 26 heavy (non-hydrogen) atoms. The van der Waals surface area contributed by atoms with Crippen LogP contribution >= 0.6 is 0 Å². The summed E-state index contributed by atoms with van der Waals surface area (Å²) >= 11 is 0. The number of nitrogens with zero attached hydrogens (tertiary/aromatic N) is 1. The third-order valence-corrected chi connectivity index (χ3v) is 4.96. The van der Waals surface area contributed by atoms with Gasteiger partial charge in [0.05, 0.1) is 13.3 Å². The second kappa shape index (κ2) is 9.41. The van der Waals surface area contributed by atoms with Gasteiger partial charge in [-0.1, -0.05) is 32.1 Å². The number of carbonyl (C=O) groups excluding carboxylic acids is 1. The van der Waals surface area contributed by atoms with Crippen molar-refractivity contribution in [2.75, 3.05) is 7.11 Å². The zero-order chi connectivity index (χ0) is 18.2. The maximum atomic E-state index is 12.2. The van der Waals surface area contributed by atoms with E-state index in [2.05, 4.69) is 10.3 Å². The van der Waals surface area contributed by atoms with Crippen molar-refractivity contribution in [2.24, 2.45) is 0 Å².